The number of anilines is 1. The molecule has 1 N–H and O–H groups in total. The average Bonchev–Trinajstić information content (AvgIpc) is 2.69. The Morgan fingerprint density at radius 1 is 0.808 bits per heavy atom. The molecule has 5 heteroatoms. The zero-order chi connectivity index (χ0) is 18.4. The summed E-state index contributed by atoms with van der Waals surface area (Å²) < 4.78 is 5.05. The van der Waals surface area contributed by atoms with Crippen LogP contribution in [-0.4, -0.2) is 18.5 Å². The topological polar surface area (TPSA) is 55.4 Å². The van der Waals surface area contributed by atoms with Gasteiger partial charge in [0.25, 0.3) is 5.91 Å². The van der Waals surface area contributed by atoms with E-state index in [0.29, 0.717) is 16.3 Å². The van der Waals surface area contributed by atoms with Crippen molar-refractivity contribution in [2.45, 2.75) is 0 Å². The number of benzene rings is 3. The molecule has 0 saturated heterocycles. The molecule has 0 aliphatic heterocycles. The van der Waals surface area contributed by atoms with E-state index in [4.69, 9.17) is 16.3 Å². The third-order valence-corrected chi connectivity index (χ3v) is 4.04. The Bertz CT molecular complexity index is 908. The van der Waals surface area contributed by atoms with Crippen molar-refractivity contribution >= 4 is 29.2 Å². The molecule has 0 aromatic heterocycles. The van der Waals surface area contributed by atoms with Crippen LogP contribution in [0.2, 0.25) is 5.02 Å². The highest BCUT2D eigenvalue weighted by Crippen LogP contribution is 2.21. The average molecular weight is 366 g/mol. The molecule has 3 aromatic rings. The van der Waals surface area contributed by atoms with Crippen LogP contribution in [0.5, 0.6) is 0 Å². The quantitative estimate of drug-likeness (QED) is 0.660. The molecule has 26 heavy (non-hydrogen) atoms. The standard InChI is InChI=1S/C21H16ClNO3/c22-18-8-4-5-9-19(18)23-20(24)14-26-21(25)17-12-10-16(11-13-17)15-6-2-1-3-7-15/h1-13H,14H2,(H,23,24). The molecule has 3 aromatic carbocycles. The predicted octanol–water partition coefficient (Wildman–Crippen LogP) is 4.80. The van der Waals surface area contributed by atoms with Crippen molar-refractivity contribution in [1.82, 2.24) is 0 Å². The smallest absolute Gasteiger partial charge is 0.338 e. The molecule has 0 spiro atoms. The first-order valence-corrected chi connectivity index (χ1v) is 8.38. The summed E-state index contributed by atoms with van der Waals surface area (Å²) in [4.78, 5) is 24.0. The van der Waals surface area contributed by atoms with E-state index in [2.05, 4.69) is 5.32 Å². The van der Waals surface area contributed by atoms with Gasteiger partial charge in [-0.2, -0.15) is 0 Å². The number of nitrogens with one attached hydrogen (secondary N) is 1. The zero-order valence-corrected chi connectivity index (χ0v) is 14.6. The van der Waals surface area contributed by atoms with Crippen molar-refractivity contribution in [1.29, 1.82) is 0 Å². The fraction of sp³-hybridized carbons (Fsp3) is 0.0476. The van der Waals surface area contributed by atoms with Crippen LogP contribution in [0.3, 0.4) is 0 Å². The first-order chi connectivity index (χ1) is 12.6. The van der Waals surface area contributed by atoms with Crippen molar-refractivity contribution in [3.05, 3.63) is 89.4 Å². The molecule has 0 saturated carbocycles. The number of rotatable bonds is 5. The molecule has 0 aliphatic rings. The molecule has 0 aliphatic carbocycles. The minimum absolute atomic E-state index is 0.384. The molecular formula is C21H16ClNO3. The second kappa shape index (κ2) is 8.32. The summed E-state index contributed by atoms with van der Waals surface area (Å²) in [6.45, 7) is -0.384. The van der Waals surface area contributed by atoms with Crippen LogP contribution in [-0.2, 0) is 9.53 Å². The SMILES string of the molecule is O=C(COC(=O)c1ccc(-c2ccccc2)cc1)Nc1ccccc1Cl. The van der Waals surface area contributed by atoms with Gasteiger partial charge in [-0.05, 0) is 35.4 Å². The largest absolute Gasteiger partial charge is 0.452 e. The number of para-hydroxylation sites is 1. The van der Waals surface area contributed by atoms with Gasteiger partial charge in [-0.25, -0.2) is 4.79 Å². The molecular weight excluding hydrogens is 350 g/mol. The Kier molecular flexibility index (Phi) is 5.66. The fourth-order valence-electron chi connectivity index (χ4n) is 2.39. The van der Waals surface area contributed by atoms with E-state index >= 15 is 0 Å². The maximum atomic E-state index is 12.1. The number of halogens is 1. The highest BCUT2D eigenvalue weighted by Gasteiger charge is 2.11. The van der Waals surface area contributed by atoms with E-state index in [9.17, 15) is 9.59 Å². The Labute approximate surface area is 156 Å². The molecule has 0 atom stereocenters. The van der Waals surface area contributed by atoms with Gasteiger partial charge >= 0.3 is 5.97 Å². The number of ether oxygens (including phenoxy) is 1. The van der Waals surface area contributed by atoms with E-state index in [-0.39, 0.29) is 6.61 Å². The highest BCUT2D eigenvalue weighted by atomic mass is 35.5. The van der Waals surface area contributed by atoms with Crippen molar-refractivity contribution in [3.8, 4) is 11.1 Å². The summed E-state index contributed by atoms with van der Waals surface area (Å²) in [6, 6.07) is 23.7. The van der Waals surface area contributed by atoms with E-state index in [1.165, 1.54) is 0 Å². The minimum Gasteiger partial charge on any atom is -0.452 e. The third-order valence-electron chi connectivity index (χ3n) is 3.71. The lowest BCUT2D eigenvalue weighted by molar-refractivity contribution is -0.119. The van der Waals surface area contributed by atoms with Gasteiger partial charge in [0.1, 0.15) is 0 Å². The van der Waals surface area contributed by atoms with E-state index in [0.717, 1.165) is 11.1 Å². The first kappa shape index (κ1) is 17.7. The number of amides is 1. The van der Waals surface area contributed by atoms with Gasteiger partial charge in [-0.1, -0.05) is 66.2 Å². The minimum atomic E-state index is -0.557. The van der Waals surface area contributed by atoms with Gasteiger partial charge in [0.05, 0.1) is 16.3 Å². The van der Waals surface area contributed by atoms with Gasteiger partial charge in [0, 0.05) is 0 Å². The Balaban J connectivity index is 1.56. The van der Waals surface area contributed by atoms with Gasteiger partial charge in [0.15, 0.2) is 6.61 Å². The van der Waals surface area contributed by atoms with E-state index in [1.54, 1.807) is 36.4 Å². The summed E-state index contributed by atoms with van der Waals surface area (Å²) in [5, 5.41) is 3.02. The van der Waals surface area contributed by atoms with Crippen molar-refractivity contribution in [3.63, 3.8) is 0 Å². The Morgan fingerprint density at radius 3 is 2.12 bits per heavy atom. The summed E-state index contributed by atoms with van der Waals surface area (Å²) in [7, 11) is 0. The molecule has 130 valence electrons. The van der Waals surface area contributed by atoms with Crippen molar-refractivity contribution in [2.24, 2.45) is 0 Å². The number of carbonyl (C=O) groups excluding carboxylic acids is 2. The number of hydrogen-bond acceptors (Lipinski definition) is 3. The summed E-state index contributed by atoms with van der Waals surface area (Å²) in [6.07, 6.45) is 0. The highest BCUT2D eigenvalue weighted by molar-refractivity contribution is 6.33. The van der Waals surface area contributed by atoms with Crippen LogP contribution in [0.1, 0.15) is 10.4 Å². The molecule has 3 rings (SSSR count). The van der Waals surface area contributed by atoms with Crippen LogP contribution < -0.4 is 5.32 Å². The Hall–Kier alpha value is -3.11. The van der Waals surface area contributed by atoms with Crippen LogP contribution in [0, 0.1) is 0 Å². The second-order valence-electron chi connectivity index (χ2n) is 5.55. The van der Waals surface area contributed by atoms with Crippen molar-refractivity contribution in [2.75, 3.05) is 11.9 Å². The number of esters is 1. The molecule has 0 unspecified atom stereocenters. The van der Waals surface area contributed by atoms with Crippen LogP contribution >= 0.6 is 11.6 Å². The van der Waals surface area contributed by atoms with Crippen LogP contribution in [0.4, 0.5) is 5.69 Å². The summed E-state index contributed by atoms with van der Waals surface area (Å²) in [5.74, 6) is -1.01. The normalized spacial score (nSPS) is 10.2. The van der Waals surface area contributed by atoms with E-state index in [1.807, 2.05) is 42.5 Å². The molecule has 0 heterocycles. The molecule has 0 fully saturated rings. The van der Waals surface area contributed by atoms with Gasteiger partial charge in [-0.15, -0.1) is 0 Å². The predicted molar refractivity (Wildman–Crippen MR) is 102 cm³/mol. The van der Waals surface area contributed by atoms with Crippen molar-refractivity contribution < 1.29 is 14.3 Å². The van der Waals surface area contributed by atoms with Gasteiger partial charge < -0.3 is 10.1 Å². The molecule has 4 nitrogen and oxygen atoms in total. The first-order valence-electron chi connectivity index (χ1n) is 8.00. The number of hydrogen-bond donors (Lipinski definition) is 1. The Morgan fingerprint density at radius 2 is 1.42 bits per heavy atom. The lowest BCUT2D eigenvalue weighted by Crippen LogP contribution is -2.21. The molecule has 0 bridgehead atoms. The maximum absolute atomic E-state index is 12.1. The van der Waals surface area contributed by atoms with Gasteiger partial charge in [-0.3, -0.25) is 4.79 Å². The van der Waals surface area contributed by atoms with Crippen LogP contribution in [0.25, 0.3) is 11.1 Å². The van der Waals surface area contributed by atoms with Crippen LogP contribution in [0.15, 0.2) is 78.9 Å². The monoisotopic (exact) mass is 365 g/mol. The maximum Gasteiger partial charge on any atom is 0.338 e. The summed E-state index contributed by atoms with van der Waals surface area (Å²) in [5.41, 5.74) is 2.92. The van der Waals surface area contributed by atoms with E-state index < -0.39 is 11.9 Å². The fourth-order valence-corrected chi connectivity index (χ4v) is 2.58. The van der Waals surface area contributed by atoms with Gasteiger partial charge in [0.2, 0.25) is 0 Å². The molecule has 0 radical (unpaired) electrons. The number of carbonyl (C=O) groups is 2. The third kappa shape index (κ3) is 4.49. The second-order valence-corrected chi connectivity index (χ2v) is 5.95. The zero-order valence-electron chi connectivity index (χ0n) is 13.8. The lowest BCUT2D eigenvalue weighted by atomic mass is 10.0. The molecule has 1 amide bonds. The summed E-state index contributed by atoms with van der Waals surface area (Å²) >= 11 is 5.97. The lowest BCUT2D eigenvalue weighted by Gasteiger charge is -2.08.